The molecule has 0 fully saturated rings. The van der Waals surface area contributed by atoms with Gasteiger partial charge in [0.25, 0.3) is 0 Å². The van der Waals surface area contributed by atoms with Gasteiger partial charge in [-0.3, -0.25) is 0 Å². The molecule has 0 aromatic heterocycles. The van der Waals surface area contributed by atoms with E-state index in [-0.39, 0.29) is 0 Å². The van der Waals surface area contributed by atoms with E-state index in [9.17, 15) is 0 Å². The van der Waals surface area contributed by atoms with E-state index < -0.39 is 0 Å². The number of rotatable bonds is 3. The van der Waals surface area contributed by atoms with Gasteiger partial charge in [0.2, 0.25) is 0 Å². The first-order chi connectivity index (χ1) is 6.88. The molecule has 0 atom stereocenters. The van der Waals surface area contributed by atoms with Gasteiger partial charge in [0.15, 0.2) is 0 Å². The Balaban J connectivity index is 2.48. The summed E-state index contributed by atoms with van der Waals surface area (Å²) in [6, 6.07) is 6.22. The van der Waals surface area contributed by atoms with E-state index in [2.05, 4.69) is 38.2 Å². The fourth-order valence-corrected chi connectivity index (χ4v) is 1.53. The summed E-state index contributed by atoms with van der Waals surface area (Å²) in [4.78, 5) is 0. The van der Waals surface area contributed by atoms with Crippen LogP contribution in [-0.4, -0.2) is 6.54 Å². The minimum atomic E-state index is 0.328. The third-order valence-electron chi connectivity index (χ3n) is 2.22. The highest BCUT2D eigenvalue weighted by molar-refractivity contribution is 6.31. The monoisotopic (exact) mass is 225 g/mol. The number of benzene rings is 1. The lowest BCUT2D eigenvalue weighted by Gasteiger charge is -2.18. The zero-order valence-electron chi connectivity index (χ0n) is 10.0. The summed E-state index contributed by atoms with van der Waals surface area (Å²) in [6.45, 7) is 10.6. The fourth-order valence-electron chi connectivity index (χ4n) is 1.33. The van der Waals surface area contributed by atoms with Crippen molar-refractivity contribution in [3.8, 4) is 0 Å². The molecule has 15 heavy (non-hydrogen) atoms. The molecule has 0 heterocycles. The minimum absolute atomic E-state index is 0.328. The number of aryl methyl sites for hydroxylation is 1. The molecule has 0 aliphatic carbocycles. The van der Waals surface area contributed by atoms with Gasteiger partial charge in [-0.2, -0.15) is 0 Å². The Hall–Kier alpha value is -0.530. The highest BCUT2D eigenvalue weighted by Crippen LogP contribution is 2.17. The Morgan fingerprint density at radius 1 is 1.27 bits per heavy atom. The number of halogens is 1. The van der Waals surface area contributed by atoms with E-state index in [1.807, 2.05) is 13.0 Å². The first-order valence-corrected chi connectivity index (χ1v) is 5.72. The number of hydrogen-bond acceptors (Lipinski definition) is 1. The van der Waals surface area contributed by atoms with E-state index in [1.165, 1.54) is 5.56 Å². The molecule has 1 rings (SSSR count). The molecule has 0 saturated carbocycles. The van der Waals surface area contributed by atoms with Gasteiger partial charge in [-0.05, 0) is 29.5 Å². The van der Waals surface area contributed by atoms with Crippen molar-refractivity contribution in [3.05, 3.63) is 34.3 Å². The topological polar surface area (TPSA) is 12.0 Å². The Labute approximate surface area is 97.8 Å². The molecule has 0 unspecified atom stereocenters. The van der Waals surface area contributed by atoms with Gasteiger partial charge in [-0.15, -0.1) is 0 Å². The van der Waals surface area contributed by atoms with Gasteiger partial charge in [0.05, 0.1) is 0 Å². The van der Waals surface area contributed by atoms with Gasteiger partial charge in [-0.1, -0.05) is 44.5 Å². The third kappa shape index (κ3) is 4.67. The molecule has 0 saturated heterocycles. The first kappa shape index (κ1) is 12.5. The van der Waals surface area contributed by atoms with Crippen LogP contribution < -0.4 is 5.32 Å². The predicted octanol–water partition coefficient (Wildman–Crippen LogP) is 3.78. The normalized spacial score (nSPS) is 11.8. The highest BCUT2D eigenvalue weighted by atomic mass is 35.5. The SMILES string of the molecule is Cc1ccc(CNCC(C)(C)C)cc1Cl. The molecule has 0 aliphatic rings. The van der Waals surface area contributed by atoms with Crippen molar-refractivity contribution in [1.82, 2.24) is 5.32 Å². The van der Waals surface area contributed by atoms with Gasteiger partial charge in [-0.25, -0.2) is 0 Å². The second-order valence-electron chi connectivity index (χ2n) is 5.25. The summed E-state index contributed by atoms with van der Waals surface area (Å²) in [5.74, 6) is 0. The van der Waals surface area contributed by atoms with E-state index in [0.29, 0.717) is 5.41 Å². The zero-order valence-corrected chi connectivity index (χ0v) is 10.8. The summed E-state index contributed by atoms with van der Waals surface area (Å²) in [6.07, 6.45) is 0. The molecule has 1 N–H and O–H groups in total. The van der Waals surface area contributed by atoms with E-state index in [1.54, 1.807) is 0 Å². The van der Waals surface area contributed by atoms with Crippen molar-refractivity contribution in [2.24, 2.45) is 5.41 Å². The van der Waals surface area contributed by atoms with Crippen LogP contribution in [0.15, 0.2) is 18.2 Å². The maximum atomic E-state index is 6.05. The van der Waals surface area contributed by atoms with Gasteiger partial charge < -0.3 is 5.32 Å². The van der Waals surface area contributed by atoms with Crippen molar-refractivity contribution >= 4 is 11.6 Å². The average molecular weight is 226 g/mol. The van der Waals surface area contributed by atoms with Crippen LogP contribution in [0.4, 0.5) is 0 Å². The first-order valence-electron chi connectivity index (χ1n) is 5.34. The van der Waals surface area contributed by atoms with E-state index in [4.69, 9.17) is 11.6 Å². The summed E-state index contributed by atoms with van der Waals surface area (Å²) < 4.78 is 0. The van der Waals surface area contributed by atoms with Crippen LogP contribution in [0.2, 0.25) is 5.02 Å². The molecule has 84 valence electrons. The summed E-state index contributed by atoms with van der Waals surface area (Å²) in [5.41, 5.74) is 2.71. The zero-order chi connectivity index (χ0) is 11.5. The maximum Gasteiger partial charge on any atom is 0.0438 e. The van der Waals surface area contributed by atoms with Crippen LogP contribution >= 0.6 is 11.6 Å². The molecule has 1 nitrogen and oxygen atoms in total. The molecule has 0 spiro atoms. The molecular formula is C13H20ClN. The Morgan fingerprint density at radius 2 is 1.93 bits per heavy atom. The van der Waals surface area contributed by atoms with Crippen molar-refractivity contribution < 1.29 is 0 Å². The highest BCUT2D eigenvalue weighted by Gasteiger charge is 2.08. The van der Waals surface area contributed by atoms with Crippen molar-refractivity contribution in [1.29, 1.82) is 0 Å². The van der Waals surface area contributed by atoms with Crippen LogP contribution in [0, 0.1) is 12.3 Å². The van der Waals surface area contributed by atoms with Crippen LogP contribution in [-0.2, 0) is 6.54 Å². The van der Waals surface area contributed by atoms with Crippen LogP contribution in [0.3, 0.4) is 0 Å². The lowest BCUT2D eigenvalue weighted by atomic mass is 9.97. The fraction of sp³-hybridized carbons (Fsp3) is 0.538. The van der Waals surface area contributed by atoms with Gasteiger partial charge in [0, 0.05) is 18.1 Å². The lowest BCUT2D eigenvalue weighted by molar-refractivity contribution is 0.379. The Kier molecular flexibility index (Phi) is 4.18. The largest absolute Gasteiger partial charge is 0.312 e. The van der Waals surface area contributed by atoms with Crippen molar-refractivity contribution in [2.75, 3.05) is 6.54 Å². The Morgan fingerprint density at radius 3 is 2.47 bits per heavy atom. The molecule has 0 bridgehead atoms. The standard InChI is InChI=1S/C13H20ClN/c1-10-5-6-11(7-12(10)14)8-15-9-13(2,3)4/h5-7,15H,8-9H2,1-4H3. The van der Waals surface area contributed by atoms with Crippen molar-refractivity contribution in [3.63, 3.8) is 0 Å². The molecule has 0 radical (unpaired) electrons. The molecule has 0 aliphatic heterocycles. The Bertz CT molecular complexity index is 326. The smallest absolute Gasteiger partial charge is 0.0438 e. The molecule has 1 aromatic rings. The summed E-state index contributed by atoms with van der Waals surface area (Å²) in [5, 5.41) is 4.28. The average Bonchev–Trinajstić information content (AvgIpc) is 2.09. The van der Waals surface area contributed by atoms with Crippen LogP contribution in [0.25, 0.3) is 0 Å². The molecular weight excluding hydrogens is 206 g/mol. The second-order valence-corrected chi connectivity index (χ2v) is 5.65. The van der Waals surface area contributed by atoms with Gasteiger partial charge in [0.1, 0.15) is 0 Å². The number of hydrogen-bond donors (Lipinski definition) is 1. The second kappa shape index (κ2) is 5.00. The van der Waals surface area contributed by atoms with E-state index in [0.717, 1.165) is 23.7 Å². The summed E-state index contributed by atoms with van der Waals surface area (Å²) in [7, 11) is 0. The molecule has 0 amide bonds. The quantitative estimate of drug-likeness (QED) is 0.826. The van der Waals surface area contributed by atoms with Crippen molar-refractivity contribution in [2.45, 2.75) is 34.2 Å². The van der Waals surface area contributed by atoms with E-state index >= 15 is 0 Å². The minimum Gasteiger partial charge on any atom is -0.312 e. The third-order valence-corrected chi connectivity index (χ3v) is 2.63. The maximum absolute atomic E-state index is 6.05. The molecule has 2 heteroatoms. The molecule has 1 aromatic carbocycles. The lowest BCUT2D eigenvalue weighted by Crippen LogP contribution is -2.26. The van der Waals surface area contributed by atoms with Crippen LogP contribution in [0.1, 0.15) is 31.9 Å². The summed E-state index contributed by atoms with van der Waals surface area (Å²) >= 11 is 6.05. The number of nitrogens with one attached hydrogen (secondary N) is 1. The van der Waals surface area contributed by atoms with Gasteiger partial charge >= 0.3 is 0 Å². The van der Waals surface area contributed by atoms with Crippen LogP contribution in [0.5, 0.6) is 0 Å². The predicted molar refractivity (Wildman–Crippen MR) is 67.4 cm³/mol.